The van der Waals surface area contributed by atoms with E-state index >= 15 is 0 Å². The van der Waals surface area contributed by atoms with Crippen LogP contribution in [0.3, 0.4) is 0 Å². The molecule has 158 valence electrons. The van der Waals surface area contributed by atoms with Gasteiger partial charge in [0.25, 0.3) is 0 Å². The topological polar surface area (TPSA) is 85.9 Å². The van der Waals surface area contributed by atoms with Gasteiger partial charge >= 0.3 is 0 Å². The monoisotopic (exact) mass is 418 g/mol. The van der Waals surface area contributed by atoms with Crippen molar-refractivity contribution < 1.29 is 23.8 Å². The summed E-state index contributed by atoms with van der Waals surface area (Å²) in [6.07, 6.45) is 0.237. The standard InChI is InChI=1S/C24H22N2O5/c27-23(12-17-5-2-1-3-6-17)25-14-24(28)26-19-8-4-7-18(11-19)15-29-20-9-10-21-22(13-20)31-16-30-21/h1-11,13H,12,14-16H2,(H,25,27)(H,26,28). The summed E-state index contributed by atoms with van der Waals surface area (Å²) in [5.74, 6) is 1.53. The molecule has 1 aliphatic rings. The first-order valence-electron chi connectivity index (χ1n) is 9.87. The zero-order valence-corrected chi connectivity index (χ0v) is 16.8. The molecule has 0 spiro atoms. The predicted octanol–water partition coefficient (Wildman–Crippen LogP) is 3.29. The molecule has 2 N–H and O–H groups in total. The van der Waals surface area contributed by atoms with Crippen LogP contribution < -0.4 is 24.8 Å². The molecule has 2 amide bonds. The quantitative estimate of drug-likeness (QED) is 0.586. The van der Waals surface area contributed by atoms with Crippen molar-refractivity contribution in [2.75, 3.05) is 18.7 Å². The minimum Gasteiger partial charge on any atom is -0.489 e. The Morgan fingerprint density at radius 1 is 0.839 bits per heavy atom. The average Bonchev–Trinajstić information content (AvgIpc) is 3.25. The normalized spacial score (nSPS) is 11.6. The number of hydrogen-bond acceptors (Lipinski definition) is 5. The number of fused-ring (bicyclic) bond motifs is 1. The van der Waals surface area contributed by atoms with Crippen molar-refractivity contribution >= 4 is 17.5 Å². The molecule has 4 rings (SSSR count). The minimum absolute atomic E-state index is 0.0937. The number of carbonyl (C=O) groups is 2. The van der Waals surface area contributed by atoms with E-state index in [0.29, 0.717) is 29.5 Å². The number of ether oxygens (including phenoxy) is 3. The lowest BCUT2D eigenvalue weighted by molar-refractivity contribution is -0.123. The first-order valence-corrected chi connectivity index (χ1v) is 9.87. The number of nitrogens with one attached hydrogen (secondary N) is 2. The third-order valence-electron chi connectivity index (χ3n) is 4.61. The summed E-state index contributed by atoms with van der Waals surface area (Å²) >= 11 is 0. The number of rotatable bonds is 8. The molecule has 3 aromatic rings. The average molecular weight is 418 g/mol. The molecule has 31 heavy (non-hydrogen) atoms. The van der Waals surface area contributed by atoms with Crippen molar-refractivity contribution in [1.82, 2.24) is 5.32 Å². The first-order chi connectivity index (χ1) is 15.2. The Balaban J connectivity index is 1.25. The van der Waals surface area contributed by atoms with Crippen LogP contribution in [0.1, 0.15) is 11.1 Å². The molecule has 3 aromatic carbocycles. The summed E-state index contributed by atoms with van der Waals surface area (Å²) in [5, 5.41) is 5.42. The van der Waals surface area contributed by atoms with Gasteiger partial charge in [0.2, 0.25) is 18.6 Å². The van der Waals surface area contributed by atoms with Gasteiger partial charge in [-0.3, -0.25) is 9.59 Å². The molecule has 0 aromatic heterocycles. The van der Waals surface area contributed by atoms with E-state index in [1.807, 2.05) is 54.6 Å². The van der Waals surface area contributed by atoms with Gasteiger partial charge in [-0.2, -0.15) is 0 Å². The van der Waals surface area contributed by atoms with Crippen LogP contribution in [0.5, 0.6) is 17.2 Å². The van der Waals surface area contributed by atoms with E-state index in [1.165, 1.54) is 0 Å². The molecule has 0 radical (unpaired) electrons. The summed E-state index contributed by atoms with van der Waals surface area (Å²) in [5.41, 5.74) is 2.42. The molecule has 0 bridgehead atoms. The van der Waals surface area contributed by atoms with Crippen molar-refractivity contribution in [2.24, 2.45) is 0 Å². The fourth-order valence-corrected chi connectivity index (χ4v) is 3.10. The smallest absolute Gasteiger partial charge is 0.243 e. The number of benzene rings is 3. The molecule has 7 heteroatoms. The lowest BCUT2D eigenvalue weighted by Crippen LogP contribution is -2.33. The van der Waals surface area contributed by atoms with Crippen LogP contribution in [0, 0.1) is 0 Å². The first kappa shape index (κ1) is 20.3. The molecule has 1 aliphatic heterocycles. The van der Waals surface area contributed by atoms with E-state index in [2.05, 4.69) is 10.6 Å². The fourth-order valence-electron chi connectivity index (χ4n) is 3.10. The van der Waals surface area contributed by atoms with Crippen molar-refractivity contribution in [3.63, 3.8) is 0 Å². The minimum atomic E-state index is -0.296. The van der Waals surface area contributed by atoms with Gasteiger partial charge in [0.05, 0.1) is 13.0 Å². The van der Waals surface area contributed by atoms with Crippen molar-refractivity contribution in [2.45, 2.75) is 13.0 Å². The Morgan fingerprint density at radius 3 is 2.52 bits per heavy atom. The van der Waals surface area contributed by atoms with Crippen LogP contribution in [-0.4, -0.2) is 25.2 Å². The third kappa shape index (κ3) is 5.76. The van der Waals surface area contributed by atoms with Gasteiger partial charge in [-0.15, -0.1) is 0 Å². The van der Waals surface area contributed by atoms with Gasteiger partial charge in [-0.1, -0.05) is 42.5 Å². The highest BCUT2D eigenvalue weighted by molar-refractivity contribution is 5.94. The number of amides is 2. The van der Waals surface area contributed by atoms with E-state index in [-0.39, 0.29) is 31.6 Å². The zero-order chi connectivity index (χ0) is 21.5. The van der Waals surface area contributed by atoms with Crippen LogP contribution in [-0.2, 0) is 22.6 Å². The Bertz CT molecular complexity index is 1070. The van der Waals surface area contributed by atoms with E-state index in [0.717, 1.165) is 11.1 Å². The van der Waals surface area contributed by atoms with Gasteiger partial charge in [0, 0.05) is 11.8 Å². The second-order valence-electron chi connectivity index (χ2n) is 6.99. The van der Waals surface area contributed by atoms with Gasteiger partial charge in [0.15, 0.2) is 11.5 Å². The highest BCUT2D eigenvalue weighted by Gasteiger charge is 2.14. The maximum atomic E-state index is 12.2. The lowest BCUT2D eigenvalue weighted by atomic mass is 10.1. The molecule has 0 saturated heterocycles. The molecule has 7 nitrogen and oxygen atoms in total. The Labute approximate surface area is 179 Å². The number of anilines is 1. The zero-order valence-electron chi connectivity index (χ0n) is 16.8. The lowest BCUT2D eigenvalue weighted by Gasteiger charge is -2.10. The molecule has 1 heterocycles. The van der Waals surface area contributed by atoms with E-state index in [1.54, 1.807) is 18.2 Å². The summed E-state index contributed by atoms with van der Waals surface area (Å²) in [7, 11) is 0. The molecule has 0 saturated carbocycles. The summed E-state index contributed by atoms with van der Waals surface area (Å²) < 4.78 is 16.4. The van der Waals surface area contributed by atoms with Crippen LogP contribution in [0.2, 0.25) is 0 Å². The molecule has 0 aliphatic carbocycles. The second kappa shape index (κ2) is 9.67. The van der Waals surface area contributed by atoms with Crippen molar-refractivity contribution in [1.29, 1.82) is 0 Å². The number of carbonyl (C=O) groups excluding carboxylic acids is 2. The van der Waals surface area contributed by atoms with Gasteiger partial charge < -0.3 is 24.8 Å². The van der Waals surface area contributed by atoms with Crippen molar-refractivity contribution in [3.05, 3.63) is 83.9 Å². The molecule has 0 unspecified atom stereocenters. The summed E-state index contributed by atoms with van der Waals surface area (Å²) in [4.78, 5) is 24.2. The van der Waals surface area contributed by atoms with Gasteiger partial charge in [0.1, 0.15) is 12.4 Å². The molecular formula is C24H22N2O5. The maximum absolute atomic E-state index is 12.2. The van der Waals surface area contributed by atoms with E-state index in [4.69, 9.17) is 14.2 Å². The van der Waals surface area contributed by atoms with Crippen LogP contribution >= 0.6 is 0 Å². The Kier molecular flexibility index (Phi) is 6.32. The second-order valence-corrected chi connectivity index (χ2v) is 6.99. The largest absolute Gasteiger partial charge is 0.489 e. The highest BCUT2D eigenvalue weighted by atomic mass is 16.7. The SMILES string of the molecule is O=C(Cc1ccccc1)NCC(=O)Nc1cccc(COc2ccc3c(c2)OCO3)c1. The molecule has 0 fully saturated rings. The maximum Gasteiger partial charge on any atom is 0.243 e. The third-order valence-corrected chi connectivity index (χ3v) is 4.61. The van der Waals surface area contributed by atoms with Crippen molar-refractivity contribution in [3.8, 4) is 17.2 Å². The van der Waals surface area contributed by atoms with E-state index < -0.39 is 0 Å². The predicted molar refractivity (Wildman–Crippen MR) is 115 cm³/mol. The number of hydrogen-bond donors (Lipinski definition) is 2. The van der Waals surface area contributed by atoms with Crippen LogP contribution in [0.15, 0.2) is 72.8 Å². The summed E-state index contributed by atoms with van der Waals surface area (Å²) in [6, 6.07) is 22.1. The van der Waals surface area contributed by atoms with Gasteiger partial charge in [-0.25, -0.2) is 0 Å². The van der Waals surface area contributed by atoms with E-state index in [9.17, 15) is 9.59 Å². The highest BCUT2D eigenvalue weighted by Crippen LogP contribution is 2.35. The van der Waals surface area contributed by atoms with Crippen LogP contribution in [0.4, 0.5) is 5.69 Å². The molecular weight excluding hydrogens is 396 g/mol. The Hall–Kier alpha value is -4.00. The summed E-state index contributed by atoms with van der Waals surface area (Å²) in [6.45, 7) is 0.452. The molecule has 0 atom stereocenters. The van der Waals surface area contributed by atoms with Crippen LogP contribution in [0.25, 0.3) is 0 Å². The Morgan fingerprint density at radius 2 is 1.65 bits per heavy atom. The van der Waals surface area contributed by atoms with Gasteiger partial charge in [-0.05, 0) is 35.4 Å². The fraction of sp³-hybridized carbons (Fsp3) is 0.167.